The summed E-state index contributed by atoms with van der Waals surface area (Å²) >= 11 is 0. The van der Waals surface area contributed by atoms with Crippen molar-refractivity contribution in [3.8, 4) is 11.4 Å². The average molecular weight is 271 g/mol. The van der Waals surface area contributed by atoms with Crippen molar-refractivity contribution >= 4 is 17.0 Å². The summed E-state index contributed by atoms with van der Waals surface area (Å²) in [5.74, 6) is 0.782. The number of ether oxygens (including phenoxy) is 1. The highest BCUT2D eigenvalue weighted by Gasteiger charge is 2.13. The van der Waals surface area contributed by atoms with Gasteiger partial charge in [-0.05, 0) is 42.8 Å². The number of benzene rings is 2. The molecule has 2 N–H and O–H groups in total. The summed E-state index contributed by atoms with van der Waals surface area (Å²) in [4.78, 5) is 4.26. The van der Waals surface area contributed by atoms with Crippen LogP contribution in [0.5, 0.6) is 5.75 Å². The fraction of sp³-hybridized carbons (Fsp3) is 0.133. The molecular formula is C15H14FN3O. The van der Waals surface area contributed by atoms with Gasteiger partial charge in [-0.1, -0.05) is 0 Å². The van der Waals surface area contributed by atoms with Crippen LogP contribution in [-0.2, 0) is 0 Å². The van der Waals surface area contributed by atoms with Gasteiger partial charge in [0.2, 0.25) is 5.95 Å². The monoisotopic (exact) mass is 271 g/mol. The fourth-order valence-corrected chi connectivity index (χ4v) is 2.33. The van der Waals surface area contributed by atoms with Crippen molar-refractivity contribution in [1.29, 1.82) is 0 Å². The van der Waals surface area contributed by atoms with Gasteiger partial charge in [-0.3, -0.25) is 4.57 Å². The molecule has 1 heterocycles. The van der Waals surface area contributed by atoms with E-state index in [-0.39, 0.29) is 5.82 Å². The van der Waals surface area contributed by atoms with E-state index in [1.807, 2.05) is 25.1 Å². The fourth-order valence-electron chi connectivity index (χ4n) is 2.33. The summed E-state index contributed by atoms with van der Waals surface area (Å²) < 4.78 is 20.4. The van der Waals surface area contributed by atoms with Crippen LogP contribution in [0.25, 0.3) is 16.7 Å². The zero-order valence-electron chi connectivity index (χ0n) is 11.2. The van der Waals surface area contributed by atoms with Gasteiger partial charge in [-0.2, -0.15) is 0 Å². The summed E-state index contributed by atoms with van der Waals surface area (Å²) in [6.07, 6.45) is 0. The van der Waals surface area contributed by atoms with Crippen molar-refractivity contribution in [3.05, 3.63) is 47.8 Å². The van der Waals surface area contributed by atoms with E-state index in [1.54, 1.807) is 17.7 Å². The molecule has 3 aromatic rings. The number of hydrogen-bond donors (Lipinski definition) is 1. The van der Waals surface area contributed by atoms with Crippen LogP contribution in [0.3, 0.4) is 0 Å². The number of nitrogens with zero attached hydrogens (tertiary/aromatic N) is 2. The van der Waals surface area contributed by atoms with Crippen molar-refractivity contribution in [1.82, 2.24) is 9.55 Å². The highest BCUT2D eigenvalue weighted by atomic mass is 19.1. The Morgan fingerprint density at radius 3 is 2.70 bits per heavy atom. The molecule has 5 heteroatoms. The molecule has 0 fully saturated rings. The predicted octanol–water partition coefficient (Wildman–Crippen LogP) is 3.06. The van der Waals surface area contributed by atoms with Crippen LogP contribution in [0.2, 0.25) is 0 Å². The Labute approximate surface area is 115 Å². The van der Waals surface area contributed by atoms with Gasteiger partial charge in [-0.25, -0.2) is 9.37 Å². The SMILES string of the molecule is COc1ccc(-n2c(N)nc3ccc(F)cc32)c(C)c1. The lowest BCUT2D eigenvalue weighted by Gasteiger charge is -2.11. The van der Waals surface area contributed by atoms with Crippen LogP contribution < -0.4 is 10.5 Å². The van der Waals surface area contributed by atoms with Crippen LogP contribution >= 0.6 is 0 Å². The number of fused-ring (bicyclic) bond motifs is 1. The Kier molecular flexibility index (Phi) is 2.82. The molecule has 0 amide bonds. The van der Waals surface area contributed by atoms with E-state index in [9.17, 15) is 4.39 Å². The van der Waals surface area contributed by atoms with E-state index in [0.29, 0.717) is 17.0 Å². The number of aromatic nitrogens is 2. The third kappa shape index (κ3) is 1.87. The smallest absolute Gasteiger partial charge is 0.205 e. The van der Waals surface area contributed by atoms with E-state index < -0.39 is 0 Å². The molecule has 20 heavy (non-hydrogen) atoms. The Bertz CT molecular complexity index is 795. The second kappa shape index (κ2) is 4.52. The van der Waals surface area contributed by atoms with E-state index in [2.05, 4.69) is 4.98 Å². The number of nitrogens with two attached hydrogens (primary N) is 1. The molecule has 0 unspecified atom stereocenters. The quantitative estimate of drug-likeness (QED) is 0.779. The number of methoxy groups -OCH3 is 1. The van der Waals surface area contributed by atoms with Gasteiger partial charge >= 0.3 is 0 Å². The van der Waals surface area contributed by atoms with Gasteiger partial charge in [-0.15, -0.1) is 0 Å². The first-order valence-electron chi connectivity index (χ1n) is 6.18. The molecule has 0 spiro atoms. The van der Waals surface area contributed by atoms with E-state index >= 15 is 0 Å². The number of halogens is 1. The van der Waals surface area contributed by atoms with Crippen LogP contribution in [-0.4, -0.2) is 16.7 Å². The molecule has 0 aliphatic heterocycles. The van der Waals surface area contributed by atoms with Gasteiger partial charge in [0.05, 0.1) is 23.8 Å². The standard InChI is InChI=1S/C15H14FN3O/c1-9-7-11(20-2)4-6-13(9)19-14-8-10(16)3-5-12(14)18-15(19)17/h3-8H,1-2H3,(H2,17,18). The average Bonchev–Trinajstić information content (AvgIpc) is 2.74. The van der Waals surface area contributed by atoms with Crippen molar-refractivity contribution in [2.75, 3.05) is 12.8 Å². The summed E-state index contributed by atoms with van der Waals surface area (Å²) in [6, 6.07) is 10.1. The third-order valence-electron chi connectivity index (χ3n) is 3.29. The summed E-state index contributed by atoms with van der Waals surface area (Å²) in [7, 11) is 1.62. The lowest BCUT2D eigenvalue weighted by Crippen LogP contribution is -2.02. The Morgan fingerprint density at radius 2 is 2.00 bits per heavy atom. The predicted molar refractivity (Wildman–Crippen MR) is 76.7 cm³/mol. The number of rotatable bonds is 2. The zero-order valence-corrected chi connectivity index (χ0v) is 11.2. The lowest BCUT2D eigenvalue weighted by molar-refractivity contribution is 0.414. The lowest BCUT2D eigenvalue weighted by atomic mass is 10.2. The number of anilines is 1. The maximum absolute atomic E-state index is 13.5. The van der Waals surface area contributed by atoms with Gasteiger partial charge in [0.25, 0.3) is 0 Å². The van der Waals surface area contributed by atoms with Gasteiger partial charge in [0, 0.05) is 6.07 Å². The largest absolute Gasteiger partial charge is 0.497 e. The van der Waals surface area contributed by atoms with E-state index in [0.717, 1.165) is 17.0 Å². The van der Waals surface area contributed by atoms with Crippen molar-refractivity contribution in [2.45, 2.75) is 6.92 Å². The minimum Gasteiger partial charge on any atom is -0.497 e. The number of hydrogen-bond acceptors (Lipinski definition) is 3. The molecule has 2 aromatic carbocycles. The first-order chi connectivity index (χ1) is 9.60. The molecule has 0 aliphatic carbocycles. The zero-order chi connectivity index (χ0) is 14.3. The van der Waals surface area contributed by atoms with E-state index in [4.69, 9.17) is 10.5 Å². The van der Waals surface area contributed by atoms with Gasteiger partial charge in [0.1, 0.15) is 11.6 Å². The number of imidazole rings is 1. The molecule has 1 aromatic heterocycles. The normalized spacial score (nSPS) is 10.9. The van der Waals surface area contributed by atoms with Gasteiger partial charge in [0.15, 0.2) is 0 Å². The highest BCUT2D eigenvalue weighted by molar-refractivity contribution is 5.81. The third-order valence-corrected chi connectivity index (χ3v) is 3.29. The topological polar surface area (TPSA) is 53.1 Å². The van der Waals surface area contributed by atoms with Crippen LogP contribution in [0.1, 0.15) is 5.56 Å². The maximum atomic E-state index is 13.5. The minimum absolute atomic E-state index is 0.315. The molecule has 0 radical (unpaired) electrons. The van der Waals surface area contributed by atoms with Crippen molar-refractivity contribution in [3.63, 3.8) is 0 Å². The van der Waals surface area contributed by atoms with Crippen LogP contribution in [0.15, 0.2) is 36.4 Å². The van der Waals surface area contributed by atoms with Gasteiger partial charge < -0.3 is 10.5 Å². The second-order valence-corrected chi connectivity index (χ2v) is 4.59. The second-order valence-electron chi connectivity index (χ2n) is 4.59. The number of aryl methyl sites for hydroxylation is 1. The molecule has 0 atom stereocenters. The first-order valence-corrected chi connectivity index (χ1v) is 6.18. The number of nitrogen functional groups attached to an aromatic ring is 1. The first kappa shape index (κ1) is 12.5. The van der Waals surface area contributed by atoms with Crippen LogP contribution in [0, 0.1) is 12.7 Å². The Morgan fingerprint density at radius 1 is 1.20 bits per heavy atom. The Balaban J connectivity index is 2.28. The molecular weight excluding hydrogens is 257 g/mol. The molecule has 0 bridgehead atoms. The molecule has 3 rings (SSSR count). The van der Waals surface area contributed by atoms with Crippen molar-refractivity contribution < 1.29 is 9.13 Å². The summed E-state index contributed by atoms with van der Waals surface area (Å²) in [6.45, 7) is 1.95. The van der Waals surface area contributed by atoms with E-state index in [1.165, 1.54) is 12.1 Å². The summed E-state index contributed by atoms with van der Waals surface area (Å²) in [5, 5.41) is 0. The minimum atomic E-state index is -0.315. The van der Waals surface area contributed by atoms with Crippen molar-refractivity contribution in [2.24, 2.45) is 0 Å². The highest BCUT2D eigenvalue weighted by Crippen LogP contribution is 2.27. The maximum Gasteiger partial charge on any atom is 0.205 e. The molecule has 0 saturated heterocycles. The summed E-state index contributed by atoms with van der Waals surface area (Å²) in [5.41, 5.74) is 9.12. The van der Waals surface area contributed by atoms with Crippen LogP contribution in [0.4, 0.5) is 10.3 Å². The Hall–Kier alpha value is -2.56. The molecule has 0 aliphatic rings. The molecule has 0 saturated carbocycles. The molecule has 102 valence electrons. The molecule has 4 nitrogen and oxygen atoms in total.